The predicted octanol–water partition coefficient (Wildman–Crippen LogP) is 17.1. The van der Waals surface area contributed by atoms with E-state index in [-0.39, 0.29) is 10.8 Å². The van der Waals surface area contributed by atoms with E-state index in [2.05, 4.69) is 210 Å². The van der Waals surface area contributed by atoms with Crippen LogP contribution >= 0.6 is 11.3 Å². The molecule has 0 saturated carbocycles. The average molecular weight is 795 g/mol. The molecule has 0 aliphatic heterocycles. The van der Waals surface area contributed by atoms with Crippen LogP contribution in [0, 0.1) is 0 Å². The highest BCUT2D eigenvalue weighted by Gasteiger charge is 2.39. The molecule has 0 nitrogen and oxygen atoms in total. The van der Waals surface area contributed by atoms with Crippen LogP contribution in [0.15, 0.2) is 182 Å². The highest BCUT2D eigenvalue weighted by Crippen LogP contribution is 2.55. The summed E-state index contributed by atoms with van der Waals surface area (Å²) in [5.41, 5.74) is 18.5. The first-order valence-corrected chi connectivity index (χ1v) is 22.4. The van der Waals surface area contributed by atoms with Crippen molar-refractivity contribution in [1.29, 1.82) is 0 Å². The van der Waals surface area contributed by atoms with Crippen LogP contribution < -0.4 is 0 Å². The first kappa shape index (κ1) is 35.0. The number of benzene rings is 10. The Labute approximate surface area is 360 Å². The van der Waals surface area contributed by atoms with Gasteiger partial charge in [0.15, 0.2) is 0 Å². The zero-order valence-electron chi connectivity index (χ0n) is 34.7. The standard InChI is InChI=1S/C60H42S/c1-59(2)52-32-37(36-25-29-51-49(30-36)47-28-23-38-31-50-42-16-12-13-21-54(42)61-55(50)34-48(38)58(47)60(51,3)4)22-26-40(52)41-27-24-39(33-53(41)59)57-45-19-10-8-17-43(45)56(35-14-6-5-7-15-35)44-18-9-11-20-46(44)57/h5-34H,1-4H3. The lowest BCUT2D eigenvalue weighted by Gasteiger charge is -2.24. The third-order valence-electron chi connectivity index (χ3n) is 14.4. The van der Waals surface area contributed by atoms with E-state index in [0.717, 1.165) is 0 Å². The summed E-state index contributed by atoms with van der Waals surface area (Å²) < 4.78 is 2.72. The molecule has 13 rings (SSSR count). The van der Waals surface area contributed by atoms with Crippen LogP contribution in [0.5, 0.6) is 0 Å². The first-order chi connectivity index (χ1) is 29.8. The van der Waals surface area contributed by atoms with Crippen molar-refractivity contribution in [3.05, 3.63) is 204 Å². The molecule has 288 valence electrons. The molecule has 1 aromatic heterocycles. The molecule has 2 aliphatic carbocycles. The molecule has 0 atom stereocenters. The highest BCUT2D eigenvalue weighted by molar-refractivity contribution is 7.25. The van der Waals surface area contributed by atoms with E-state index >= 15 is 0 Å². The Kier molecular flexibility index (Phi) is 7.11. The predicted molar refractivity (Wildman–Crippen MR) is 263 cm³/mol. The summed E-state index contributed by atoms with van der Waals surface area (Å²) in [5.74, 6) is 0. The molecule has 11 aromatic rings. The minimum absolute atomic E-state index is 0.106. The van der Waals surface area contributed by atoms with E-state index in [0.29, 0.717) is 0 Å². The molecule has 0 saturated heterocycles. The lowest BCUT2D eigenvalue weighted by Crippen LogP contribution is -2.15. The van der Waals surface area contributed by atoms with Gasteiger partial charge < -0.3 is 0 Å². The first-order valence-electron chi connectivity index (χ1n) is 21.6. The number of rotatable bonds is 3. The average Bonchev–Trinajstić information content (AvgIpc) is 3.85. The smallest absolute Gasteiger partial charge is 0.0361 e. The number of hydrogen-bond donors (Lipinski definition) is 0. The third-order valence-corrected chi connectivity index (χ3v) is 15.6. The molecule has 0 amide bonds. The fourth-order valence-electron chi connectivity index (χ4n) is 11.5. The van der Waals surface area contributed by atoms with Gasteiger partial charge in [-0.25, -0.2) is 0 Å². The Morgan fingerprint density at radius 3 is 1.54 bits per heavy atom. The summed E-state index contributed by atoms with van der Waals surface area (Å²) in [6, 6.07) is 69.0. The van der Waals surface area contributed by atoms with Crippen LogP contribution in [-0.4, -0.2) is 0 Å². The molecule has 0 bridgehead atoms. The lowest BCUT2D eigenvalue weighted by atomic mass is 9.79. The summed E-state index contributed by atoms with van der Waals surface area (Å²) in [6.45, 7) is 9.66. The summed E-state index contributed by atoms with van der Waals surface area (Å²) in [7, 11) is 0. The second kappa shape index (κ2) is 12.4. The van der Waals surface area contributed by atoms with Crippen molar-refractivity contribution < 1.29 is 0 Å². The van der Waals surface area contributed by atoms with Crippen molar-refractivity contribution >= 4 is 63.8 Å². The normalized spacial score (nSPS) is 14.5. The van der Waals surface area contributed by atoms with E-state index in [1.165, 1.54) is 130 Å². The van der Waals surface area contributed by atoms with Crippen LogP contribution in [0.2, 0.25) is 0 Å². The summed E-state index contributed by atoms with van der Waals surface area (Å²) in [5, 5.41) is 10.6. The number of hydrogen-bond acceptors (Lipinski definition) is 1. The van der Waals surface area contributed by atoms with Crippen molar-refractivity contribution in [3.63, 3.8) is 0 Å². The van der Waals surface area contributed by atoms with Crippen LogP contribution in [0.3, 0.4) is 0 Å². The molecule has 0 radical (unpaired) electrons. The molecule has 0 fully saturated rings. The fraction of sp³-hybridized carbons (Fsp3) is 0.100. The van der Waals surface area contributed by atoms with Gasteiger partial charge in [0.1, 0.15) is 0 Å². The Hall–Kier alpha value is -6.80. The lowest BCUT2D eigenvalue weighted by molar-refractivity contribution is 0.661. The monoisotopic (exact) mass is 794 g/mol. The van der Waals surface area contributed by atoms with Gasteiger partial charge in [-0.3, -0.25) is 0 Å². The second-order valence-electron chi connectivity index (χ2n) is 18.4. The SMILES string of the molecule is CC1(C)c2cc(-c3ccc4c(c3)-c3ccc5cc6c(cc5c3C4(C)C)sc3ccccc36)ccc2-c2ccc(-c3c4ccccc4c(-c4ccccc4)c4ccccc34)cc21. The highest BCUT2D eigenvalue weighted by atomic mass is 32.1. The molecule has 0 spiro atoms. The Morgan fingerprint density at radius 1 is 0.311 bits per heavy atom. The van der Waals surface area contributed by atoms with Crippen molar-refractivity contribution in [1.82, 2.24) is 0 Å². The Morgan fingerprint density at radius 2 is 0.852 bits per heavy atom. The maximum atomic E-state index is 2.50. The number of fused-ring (bicyclic) bond motifs is 13. The fourth-order valence-corrected chi connectivity index (χ4v) is 12.6. The second-order valence-corrected chi connectivity index (χ2v) is 19.5. The Bertz CT molecular complexity index is 3630. The molecule has 61 heavy (non-hydrogen) atoms. The van der Waals surface area contributed by atoms with Crippen molar-refractivity contribution in [2.45, 2.75) is 38.5 Å². The topological polar surface area (TPSA) is 0 Å². The van der Waals surface area contributed by atoms with Gasteiger partial charge in [0.05, 0.1) is 0 Å². The Balaban J connectivity index is 0.918. The summed E-state index contributed by atoms with van der Waals surface area (Å²) in [4.78, 5) is 0. The molecule has 2 aliphatic rings. The van der Waals surface area contributed by atoms with E-state index in [9.17, 15) is 0 Å². The van der Waals surface area contributed by atoms with Gasteiger partial charge >= 0.3 is 0 Å². The van der Waals surface area contributed by atoms with Gasteiger partial charge in [0, 0.05) is 31.0 Å². The van der Waals surface area contributed by atoms with Crippen LogP contribution in [0.4, 0.5) is 0 Å². The molecule has 10 aromatic carbocycles. The van der Waals surface area contributed by atoms with Crippen LogP contribution in [0.25, 0.3) is 108 Å². The summed E-state index contributed by atoms with van der Waals surface area (Å²) in [6.07, 6.45) is 0. The van der Waals surface area contributed by atoms with Gasteiger partial charge in [-0.1, -0.05) is 173 Å². The quantitative estimate of drug-likeness (QED) is 0.156. The minimum Gasteiger partial charge on any atom is -0.135 e. The number of thiophene rings is 1. The maximum Gasteiger partial charge on any atom is 0.0361 e. The molecule has 1 heteroatoms. The van der Waals surface area contributed by atoms with Crippen LogP contribution in [-0.2, 0) is 10.8 Å². The van der Waals surface area contributed by atoms with Gasteiger partial charge in [-0.2, -0.15) is 0 Å². The van der Waals surface area contributed by atoms with E-state index in [1.807, 2.05) is 11.3 Å². The zero-order valence-corrected chi connectivity index (χ0v) is 35.5. The molecule has 0 unspecified atom stereocenters. The van der Waals surface area contributed by atoms with E-state index < -0.39 is 0 Å². The zero-order chi connectivity index (χ0) is 40.8. The molecular weight excluding hydrogens is 753 g/mol. The minimum atomic E-state index is -0.172. The van der Waals surface area contributed by atoms with Crippen molar-refractivity contribution in [2.75, 3.05) is 0 Å². The van der Waals surface area contributed by atoms with E-state index in [1.54, 1.807) is 0 Å². The maximum absolute atomic E-state index is 2.50. The van der Waals surface area contributed by atoms with Gasteiger partial charge in [-0.15, -0.1) is 11.3 Å². The van der Waals surface area contributed by atoms with Gasteiger partial charge in [0.2, 0.25) is 0 Å². The molecule has 1 heterocycles. The largest absolute Gasteiger partial charge is 0.135 e. The molecule has 0 N–H and O–H groups in total. The summed E-state index contributed by atoms with van der Waals surface area (Å²) >= 11 is 1.91. The van der Waals surface area contributed by atoms with Crippen molar-refractivity contribution in [2.24, 2.45) is 0 Å². The van der Waals surface area contributed by atoms with Gasteiger partial charge in [-0.05, 0) is 147 Å². The van der Waals surface area contributed by atoms with Gasteiger partial charge in [0.25, 0.3) is 0 Å². The molecular formula is C60H42S. The van der Waals surface area contributed by atoms with Crippen LogP contribution in [0.1, 0.15) is 49.9 Å². The third kappa shape index (κ3) is 4.81. The van der Waals surface area contributed by atoms with E-state index in [4.69, 9.17) is 0 Å². The van der Waals surface area contributed by atoms with Crippen molar-refractivity contribution in [3.8, 4) is 55.6 Å².